The molecular formula is C11H22BN5O6S. The average molecular weight is 363 g/mol. The van der Waals surface area contributed by atoms with Crippen LogP contribution in [-0.4, -0.2) is 72.3 Å². The molecule has 1 fully saturated rings. The fourth-order valence-corrected chi connectivity index (χ4v) is 3.99. The molecule has 0 spiro atoms. The van der Waals surface area contributed by atoms with Gasteiger partial charge in [-0.2, -0.15) is 12.7 Å². The molecule has 0 aromatic rings. The van der Waals surface area contributed by atoms with Crippen LogP contribution in [0, 0.1) is 12.5 Å². The fourth-order valence-electron chi connectivity index (χ4n) is 2.59. The molecule has 0 saturated carbocycles. The second-order valence-electron chi connectivity index (χ2n) is 5.75. The first kappa shape index (κ1) is 20.8. The lowest BCUT2D eigenvalue weighted by atomic mass is 9.78. The maximum Gasteiger partial charge on any atom is 0.451 e. The molecule has 8 N–H and O–H groups in total. The summed E-state index contributed by atoms with van der Waals surface area (Å²) in [5.74, 6) is -2.04. The minimum absolute atomic E-state index is 0.0319. The summed E-state index contributed by atoms with van der Waals surface area (Å²) in [6.45, 7) is 6.05. The van der Waals surface area contributed by atoms with Crippen LogP contribution in [0.1, 0.15) is 12.8 Å². The van der Waals surface area contributed by atoms with E-state index in [4.69, 9.17) is 28.1 Å². The Morgan fingerprint density at radius 2 is 2.17 bits per heavy atom. The molecule has 136 valence electrons. The van der Waals surface area contributed by atoms with Crippen molar-refractivity contribution in [3.8, 4) is 0 Å². The molecule has 0 amide bonds. The van der Waals surface area contributed by atoms with Crippen LogP contribution in [0.15, 0.2) is 0 Å². The number of hydrogen-bond acceptors (Lipinski definition) is 7. The maximum absolute atomic E-state index is 12.3. The van der Waals surface area contributed by atoms with Gasteiger partial charge >= 0.3 is 19.3 Å². The lowest BCUT2D eigenvalue weighted by Gasteiger charge is -2.25. The summed E-state index contributed by atoms with van der Waals surface area (Å²) in [7, 11) is -5.63. The highest BCUT2D eigenvalue weighted by Gasteiger charge is 2.52. The number of rotatable bonds is 9. The topological polar surface area (TPSA) is 184 Å². The van der Waals surface area contributed by atoms with Crippen LogP contribution in [0.2, 0.25) is 6.32 Å². The Kier molecular flexibility index (Phi) is 7.11. The van der Waals surface area contributed by atoms with E-state index in [9.17, 15) is 18.3 Å². The molecule has 1 heterocycles. The van der Waals surface area contributed by atoms with Gasteiger partial charge in [-0.25, -0.2) is 6.57 Å². The number of carbonyl (C=O) groups is 1. The summed E-state index contributed by atoms with van der Waals surface area (Å²) in [5.41, 5.74) is 9.40. The van der Waals surface area contributed by atoms with Crippen molar-refractivity contribution in [3.63, 3.8) is 0 Å². The molecule has 0 radical (unpaired) electrons. The monoisotopic (exact) mass is 363 g/mol. The summed E-state index contributed by atoms with van der Waals surface area (Å²) >= 11 is 0. The summed E-state index contributed by atoms with van der Waals surface area (Å²) in [4.78, 5) is 14.5. The van der Waals surface area contributed by atoms with E-state index in [1.54, 1.807) is 0 Å². The molecule has 0 bridgehead atoms. The molecular weight excluding hydrogens is 341 g/mol. The molecule has 1 aliphatic heterocycles. The average Bonchev–Trinajstić information content (AvgIpc) is 2.84. The molecule has 11 nitrogen and oxygen atoms in total. The highest BCUT2D eigenvalue weighted by molar-refractivity contribution is 7.87. The molecule has 1 rings (SSSR count). The van der Waals surface area contributed by atoms with Crippen LogP contribution in [0.5, 0.6) is 0 Å². The lowest BCUT2D eigenvalue weighted by Crippen LogP contribution is -2.55. The Bertz CT molecular complexity index is 596. The summed E-state index contributed by atoms with van der Waals surface area (Å²) in [6.07, 6.45) is -0.612. The van der Waals surface area contributed by atoms with Gasteiger partial charge < -0.3 is 26.6 Å². The lowest BCUT2D eigenvalue weighted by molar-refractivity contribution is -0.144. The van der Waals surface area contributed by atoms with Crippen molar-refractivity contribution in [2.45, 2.75) is 30.9 Å². The van der Waals surface area contributed by atoms with Crippen LogP contribution in [-0.2, 0) is 15.0 Å². The van der Waals surface area contributed by atoms with Gasteiger partial charge in [-0.3, -0.25) is 9.64 Å². The number of nitrogens with zero attached hydrogens (tertiary/aromatic N) is 2. The number of carboxylic acids is 1. The van der Waals surface area contributed by atoms with E-state index < -0.39 is 47.5 Å². The van der Waals surface area contributed by atoms with Crippen LogP contribution >= 0.6 is 0 Å². The molecule has 1 aliphatic rings. The van der Waals surface area contributed by atoms with Crippen molar-refractivity contribution in [2.24, 2.45) is 17.4 Å². The first-order valence-electron chi connectivity index (χ1n) is 7.29. The van der Waals surface area contributed by atoms with Gasteiger partial charge in [0.25, 0.3) is 10.2 Å². The van der Waals surface area contributed by atoms with Gasteiger partial charge in [-0.05, 0) is 12.7 Å². The molecule has 24 heavy (non-hydrogen) atoms. The van der Waals surface area contributed by atoms with Gasteiger partial charge in [-0.1, -0.05) is 6.42 Å². The number of nitrogens with one attached hydrogen (secondary N) is 1. The summed E-state index contributed by atoms with van der Waals surface area (Å²) < 4.78 is 27.6. The molecule has 0 aromatic heterocycles. The molecule has 3 atom stereocenters. The van der Waals surface area contributed by atoms with Gasteiger partial charge in [0.2, 0.25) is 0 Å². The third-order valence-corrected chi connectivity index (χ3v) is 5.54. The van der Waals surface area contributed by atoms with E-state index in [-0.39, 0.29) is 32.3 Å². The Balaban J connectivity index is 2.89. The van der Waals surface area contributed by atoms with Crippen molar-refractivity contribution < 1.29 is 28.4 Å². The van der Waals surface area contributed by atoms with E-state index in [2.05, 4.69) is 9.57 Å². The van der Waals surface area contributed by atoms with E-state index in [0.717, 1.165) is 4.31 Å². The van der Waals surface area contributed by atoms with Crippen molar-refractivity contribution in [1.82, 2.24) is 9.03 Å². The van der Waals surface area contributed by atoms with Crippen molar-refractivity contribution >= 4 is 23.3 Å². The molecule has 13 heteroatoms. The van der Waals surface area contributed by atoms with E-state index in [0.29, 0.717) is 0 Å². The fraction of sp³-hybridized carbons (Fsp3) is 0.818. The minimum Gasteiger partial charge on any atom is -0.480 e. The second kappa shape index (κ2) is 8.21. The Morgan fingerprint density at radius 1 is 1.54 bits per heavy atom. The number of nitrogens with two attached hydrogens (primary N) is 2. The predicted octanol–water partition coefficient (Wildman–Crippen LogP) is -3.01. The van der Waals surface area contributed by atoms with Gasteiger partial charge in [0, 0.05) is 19.0 Å². The molecule has 0 aliphatic carbocycles. The highest BCUT2D eigenvalue weighted by atomic mass is 32.2. The van der Waals surface area contributed by atoms with Crippen LogP contribution in [0.3, 0.4) is 0 Å². The first-order valence-corrected chi connectivity index (χ1v) is 8.73. The molecule has 0 aromatic carbocycles. The summed E-state index contributed by atoms with van der Waals surface area (Å²) in [6, 6.07) is 0. The smallest absolute Gasteiger partial charge is 0.451 e. The van der Waals surface area contributed by atoms with E-state index in [1.807, 2.05) is 0 Å². The third kappa shape index (κ3) is 4.87. The van der Waals surface area contributed by atoms with E-state index in [1.165, 1.54) is 0 Å². The van der Waals surface area contributed by atoms with Crippen molar-refractivity contribution in [3.05, 3.63) is 11.4 Å². The largest absolute Gasteiger partial charge is 0.480 e. The van der Waals surface area contributed by atoms with Crippen molar-refractivity contribution in [1.29, 1.82) is 0 Å². The SMILES string of the molecule is [C-]#[N+]C(CN)NS(=O)(=O)N1C[C@H](CCCB(O)O)[C@](N)(C(=O)O)C1. The normalized spacial score (nSPS) is 26.0. The zero-order chi connectivity index (χ0) is 18.5. The quantitative estimate of drug-likeness (QED) is 0.185. The van der Waals surface area contributed by atoms with Crippen LogP contribution < -0.4 is 16.2 Å². The van der Waals surface area contributed by atoms with Gasteiger partial charge in [0.15, 0.2) is 0 Å². The van der Waals surface area contributed by atoms with E-state index >= 15 is 0 Å². The van der Waals surface area contributed by atoms with Gasteiger partial charge in [-0.15, -0.1) is 4.72 Å². The zero-order valence-electron chi connectivity index (χ0n) is 13.0. The Labute approximate surface area is 140 Å². The Hall–Kier alpha value is -1.27. The van der Waals surface area contributed by atoms with Crippen molar-refractivity contribution in [2.75, 3.05) is 19.6 Å². The summed E-state index contributed by atoms with van der Waals surface area (Å²) in [5, 5.41) is 27.1. The number of hydrogen-bond donors (Lipinski definition) is 6. The maximum atomic E-state index is 12.3. The first-order chi connectivity index (χ1) is 11.1. The second-order valence-corrected chi connectivity index (χ2v) is 7.45. The molecule has 1 saturated heterocycles. The Morgan fingerprint density at radius 3 is 2.62 bits per heavy atom. The number of aliphatic carboxylic acids is 1. The predicted molar refractivity (Wildman–Crippen MR) is 85.3 cm³/mol. The van der Waals surface area contributed by atoms with Gasteiger partial charge in [0.1, 0.15) is 5.54 Å². The minimum atomic E-state index is -4.11. The van der Waals surface area contributed by atoms with Crippen LogP contribution in [0.25, 0.3) is 4.85 Å². The molecule has 1 unspecified atom stereocenters. The standard InChI is InChI=1S/C11H22BN5O6S/c1-15-9(5-13)16-24(22,23)17-6-8(3-2-4-12(20)21)11(14,7-17)10(18)19/h8-9,16,20-21H,2-7,13-14H2,(H,18,19)/t8-,9?,11-/m0/s1. The van der Waals surface area contributed by atoms with Gasteiger partial charge in [0.05, 0.1) is 6.54 Å². The van der Waals surface area contributed by atoms with Crippen LogP contribution in [0.4, 0.5) is 0 Å². The zero-order valence-corrected chi connectivity index (χ0v) is 13.8. The number of carboxylic acid groups (broad SMARTS) is 1. The highest BCUT2D eigenvalue weighted by Crippen LogP contribution is 2.31. The third-order valence-electron chi connectivity index (χ3n) is 4.01.